The lowest BCUT2D eigenvalue weighted by atomic mass is 9.96. The molecule has 0 saturated carbocycles. The lowest BCUT2D eigenvalue weighted by Gasteiger charge is -2.27. The number of benzene rings is 1. The quantitative estimate of drug-likeness (QED) is 0.551. The van der Waals surface area contributed by atoms with Crippen molar-refractivity contribution in [3.8, 4) is 5.69 Å². The van der Waals surface area contributed by atoms with Gasteiger partial charge in [0.1, 0.15) is 5.03 Å². The van der Waals surface area contributed by atoms with Crippen LogP contribution in [-0.2, 0) is 6.54 Å². The van der Waals surface area contributed by atoms with Gasteiger partial charge >= 0.3 is 6.09 Å². The third-order valence-corrected chi connectivity index (χ3v) is 5.25. The average molecular weight is 431 g/mol. The first-order valence-electron chi connectivity index (χ1n) is 9.12. The summed E-state index contributed by atoms with van der Waals surface area (Å²) in [7, 11) is 0. The fourth-order valence-corrected chi connectivity index (χ4v) is 3.98. The second-order valence-electron chi connectivity index (χ2n) is 7.83. The lowest BCUT2D eigenvalue weighted by Crippen LogP contribution is -2.36. The van der Waals surface area contributed by atoms with Gasteiger partial charge in [-0.3, -0.25) is 4.98 Å². The summed E-state index contributed by atoms with van der Waals surface area (Å²) in [5.41, 5.74) is 1.24. The summed E-state index contributed by atoms with van der Waals surface area (Å²) in [6.45, 7) is 6.63. The van der Waals surface area contributed by atoms with Crippen LogP contribution in [0.25, 0.3) is 5.69 Å². The van der Waals surface area contributed by atoms with Gasteiger partial charge in [0.2, 0.25) is 0 Å². The van der Waals surface area contributed by atoms with E-state index in [0.717, 1.165) is 15.6 Å². The van der Waals surface area contributed by atoms with Crippen molar-refractivity contribution < 1.29 is 9.90 Å². The Morgan fingerprint density at radius 2 is 2.00 bits per heavy atom. The van der Waals surface area contributed by atoms with Crippen LogP contribution in [0.15, 0.2) is 64.8 Å². The maximum Gasteiger partial charge on any atom is 0.407 e. The number of aromatic nitrogens is 3. The molecule has 0 spiro atoms. The van der Waals surface area contributed by atoms with Gasteiger partial charge in [-0.1, -0.05) is 56.3 Å². The van der Waals surface area contributed by atoms with Crippen molar-refractivity contribution in [1.82, 2.24) is 19.7 Å². The Bertz CT molecular complexity index is 986. The number of carbonyl (C=O) groups is 1. The standard InChI is InChI=1S/C21H23ClN4O2S/c1-21(2,3)14-25(20(27)28)13-15-11-19(29-16-7-6-10-23-12-16)26(24-15)18-9-5-4-8-17(18)22/h4-12H,13-14H2,1-3H3,(H,27,28). The molecule has 0 bridgehead atoms. The maximum atomic E-state index is 11.7. The maximum absolute atomic E-state index is 11.7. The molecule has 0 aliphatic rings. The van der Waals surface area contributed by atoms with Gasteiger partial charge in [-0.05, 0) is 35.7 Å². The number of rotatable bonds is 6. The van der Waals surface area contributed by atoms with E-state index >= 15 is 0 Å². The first-order valence-corrected chi connectivity index (χ1v) is 10.3. The number of carboxylic acid groups (broad SMARTS) is 1. The Balaban J connectivity index is 1.97. The zero-order valence-corrected chi connectivity index (χ0v) is 18.1. The van der Waals surface area contributed by atoms with Crippen LogP contribution in [0.4, 0.5) is 4.79 Å². The molecule has 0 fully saturated rings. The molecule has 152 valence electrons. The Morgan fingerprint density at radius 3 is 2.62 bits per heavy atom. The van der Waals surface area contributed by atoms with E-state index < -0.39 is 6.09 Å². The second-order valence-corrected chi connectivity index (χ2v) is 9.33. The molecule has 8 heteroatoms. The molecule has 0 aliphatic carbocycles. The van der Waals surface area contributed by atoms with Gasteiger partial charge < -0.3 is 10.0 Å². The summed E-state index contributed by atoms with van der Waals surface area (Å²) in [5.74, 6) is 0. The fraction of sp³-hybridized carbons (Fsp3) is 0.286. The SMILES string of the molecule is CC(C)(C)CN(Cc1cc(Sc2cccnc2)n(-c2ccccc2Cl)n1)C(=O)O. The zero-order valence-electron chi connectivity index (χ0n) is 16.5. The van der Waals surface area contributed by atoms with Gasteiger partial charge in [-0.15, -0.1) is 0 Å². The predicted molar refractivity (Wildman–Crippen MR) is 115 cm³/mol. The lowest BCUT2D eigenvalue weighted by molar-refractivity contribution is 0.122. The number of amides is 1. The largest absolute Gasteiger partial charge is 0.465 e. The van der Waals surface area contributed by atoms with E-state index in [1.54, 1.807) is 23.1 Å². The Labute approximate surface area is 179 Å². The Kier molecular flexibility index (Phi) is 6.49. The van der Waals surface area contributed by atoms with E-state index in [1.807, 2.05) is 57.2 Å². The number of hydrogen-bond donors (Lipinski definition) is 1. The highest BCUT2D eigenvalue weighted by atomic mass is 35.5. The highest BCUT2D eigenvalue weighted by Crippen LogP contribution is 2.32. The molecule has 0 radical (unpaired) electrons. The minimum Gasteiger partial charge on any atom is -0.465 e. The van der Waals surface area contributed by atoms with Crippen molar-refractivity contribution in [2.45, 2.75) is 37.2 Å². The summed E-state index contributed by atoms with van der Waals surface area (Å²) in [6.07, 6.45) is 2.53. The number of pyridine rings is 1. The summed E-state index contributed by atoms with van der Waals surface area (Å²) >= 11 is 7.90. The molecule has 0 unspecified atom stereocenters. The topological polar surface area (TPSA) is 71.2 Å². The normalized spacial score (nSPS) is 11.4. The van der Waals surface area contributed by atoms with Gasteiger partial charge in [0.15, 0.2) is 0 Å². The van der Waals surface area contributed by atoms with Crippen LogP contribution >= 0.6 is 23.4 Å². The fourth-order valence-electron chi connectivity index (χ4n) is 2.84. The molecule has 0 aliphatic heterocycles. The Morgan fingerprint density at radius 1 is 1.24 bits per heavy atom. The molecular formula is C21H23ClN4O2S. The summed E-state index contributed by atoms with van der Waals surface area (Å²) in [5, 5.41) is 15.7. The van der Waals surface area contributed by atoms with E-state index in [0.29, 0.717) is 17.3 Å². The molecule has 0 saturated heterocycles. The molecule has 3 aromatic rings. The smallest absolute Gasteiger partial charge is 0.407 e. The second kappa shape index (κ2) is 8.88. The Hall–Kier alpha value is -2.51. The molecule has 2 heterocycles. The van der Waals surface area contributed by atoms with E-state index in [9.17, 15) is 9.90 Å². The highest BCUT2D eigenvalue weighted by molar-refractivity contribution is 7.99. The number of para-hydroxylation sites is 1. The molecule has 2 aromatic heterocycles. The van der Waals surface area contributed by atoms with Crippen LogP contribution in [0.1, 0.15) is 26.5 Å². The van der Waals surface area contributed by atoms with Crippen molar-refractivity contribution in [2.24, 2.45) is 5.41 Å². The summed E-state index contributed by atoms with van der Waals surface area (Å²) in [6, 6.07) is 13.2. The third kappa shape index (κ3) is 5.74. The van der Waals surface area contributed by atoms with E-state index in [-0.39, 0.29) is 12.0 Å². The van der Waals surface area contributed by atoms with Crippen molar-refractivity contribution in [3.05, 3.63) is 65.6 Å². The van der Waals surface area contributed by atoms with Gasteiger partial charge in [-0.2, -0.15) is 5.10 Å². The third-order valence-electron chi connectivity index (χ3n) is 3.95. The average Bonchev–Trinajstić information content (AvgIpc) is 3.03. The monoisotopic (exact) mass is 430 g/mol. The highest BCUT2D eigenvalue weighted by Gasteiger charge is 2.23. The van der Waals surface area contributed by atoms with Crippen LogP contribution in [-0.4, -0.2) is 37.4 Å². The van der Waals surface area contributed by atoms with Crippen molar-refractivity contribution in [3.63, 3.8) is 0 Å². The zero-order chi connectivity index (χ0) is 21.0. The molecule has 1 N–H and O–H groups in total. The molecule has 1 amide bonds. The van der Waals surface area contributed by atoms with Crippen molar-refractivity contribution >= 4 is 29.5 Å². The van der Waals surface area contributed by atoms with Crippen molar-refractivity contribution in [2.75, 3.05) is 6.54 Å². The van der Waals surface area contributed by atoms with Gasteiger partial charge in [0.05, 0.1) is 22.9 Å². The number of halogens is 1. The number of nitrogens with zero attached hydrogens (tertiary/aromatic N) is 4. The molecular weight excluding hydrogens is 408 g/mol. The predicted octanol–water partition coefficient (Wildman–Crippen LogP) is 5.60. The van der Waals surface area contributed by atoms with E-state index in [1.165, 1.54) is 16.7 Å². The summed E-state index contributed by atoms with van der Waals surface area (Å²) in [4.78, 5) is 18.2. The van der Waals surface area contributed by atoms with Crippen molar-refractivity contribution in [1.29, 1.82) is 0 Å². The molecule has 29 heavy (non-hydrogen) atoms. The van der Waals surface area contributed by atoms with Crippen LogP contribution in [0.2, 0.25) is 5.02 Å². The first kappa shape index (κ1) is 21.2. The van der Waals surface area contributed by atoms with Crippen LogP contribution in [0, 0.1) is 5.41 Å². The molecule has 3 rings (SSSR count). The van der Waals surface area contributed by atoms with Gasteiger partial charge in [0, 0.05) is 23.8 Å². The molecule has 1 aromatic carbocycles. The van der Waals surface area contributed by atoms with Crippen LogP contribution in [0.3, 0.4) is 0 Å². The molecule has 6 nitrogen and oxygen atoms in total. The van der Waals surface area contributed by atoms with Crippen LogP contribution in [0.5, 0.6) is 0 Å². The van der Waals surface area contributed by atoms with E-state index in [4.69, 9.17) is 11.6 Å². The molecule has 0 atom stereocenters. The minimum absolute atomic E-state index is 0.156. The van der Waals surface area contributed by atoms with Crippen LogP contribution < -0.4 is 0 Å². The van der Waals surface area contributed by atoms with Gasteiger partial charge in [0.25, 0.3) is 0 Å². The summed E-state index contributed by atoms with van der Waals surface area (Å²) < 4.78 is 1.76. The number of hydrogen-bond acceptors (Lipinski definition) is 4. The minimum atomic E-state index is -0.964. The van der Waals surface area contributed by atoms with Gasteiger partial charge in [-0.25, -0.2) is 9.48 Å². The first-order chi connectivity index (χ1) is 13.7. The van der Waals surface area contributed by atoms with E-state index in [2.05, 4.69) is 10.1 Å².